The monoisotopic (exact) mass is 309 g/mol. The molecule has 0 fully saturated rings. The van der Waals surface area contributed by atoms with Gasteiger partial charge < -0.3 is 19.2 Å². The number of rotatable bonds is 7. The van der Waals surface area contributed by atoms with Gasteiger partial charge in [-0.15, -0.1) is 0 Å². The lowest BCUT2D eigenvalue weighted by Gasteiger charge is -2.18. The molecule has 1 aromatic heterocycles. The maximum atomic E-state index is 5.90. The molecule has 4 nitrogen and oxygen atoms in total. The van der Waals surface area contributed by atoms with E-state index in [0.717, 1.165) is 35.8 Å². The van der Waals surface area contributed by atoms with Crippen LogP contribution in [0.1, 0.15) is 30.7 Å². The molecule has 0 amide bonds. The Hall–Kier alpha value is -1.65. The van der Waals surface area contributed by atoms with Crippen molar-refractivity contribution < 1.29 is 13.9 Å². The van der Waals surface area contributed by atoms with Crippen LogP contribution in [0.5, 0.6) is 11.5 Å². The zero-order valence-corrected chi connectivity index (χ0v) is 13.2. The Balaban J connectivity index is 2.40. The average Bonchev–Trinajstić information content (AvgIpc) is 2.93. The van der Waals surface area contributed by atoms with E-state index in [9.17, 15) is 0 Å². The number of hydrogen-bond acceptors (Lipinski definition) is 4. The number of benzene rings is 1. The van der Waals surface area contributed by atoms with Gasteiger partial charge in [0.2, 0.25) is 0 Å². The molecule has 1 atom stereocenters. The first-order chi connectivity index (χ1) is 10.2. The SMILES string of the molecule is CCCNC(c1cc(OC)cc(OC)c1)c1ccc(Cl)o1. The van der Waals surface area contributed by atoms with Crippen LogP contribution in [0.15, 0.2) is 34.7 Å². The molecule has 0 bridgehead atoms. The van der Waals surface area contributed by atoms with Crippen LogP contribution in [0, 0.1) is 0 Å². The Bertz CT molecular complexity index is 560. The van der Waals surface area contributed by atoms with E-state index in [4.69, 9.17) is 25.5 Å². The van der Waals surface area contributed by atoms with Crippen molar-refractivity contribution in [1.29, 1.82) is 0 Å². The largest absolute Gasteiger partial charge is 0.497 e. The van der Waals surface area contributed by atoms with Gasteiger partial charge in [0.25, 0.3) is 0 Å². The Morgan fingerprint density at radius 1 is 1.14 bits per heavy atom. The van der Waals surface area contributed by atoms with E-state index in [-0.39, 0.29) is 6.04 Å². The van der Waals surface area contributed by atoms with Gasteiger partial charge in [0.15, 0.2) is 5.22 Å². The third-order valence-corrected chi connectivity index (χ3v) is 3.39. The highest BCUT2D eigenvalue weighted by Crippen LogP contribution is 2.31. The summed E-state index contributed by atoms with van der Waals surface area (Å²) in [4.78, 5) is 0. The van der Waals surface area contributed by atoms with Crippen LogP contribution in [0.25, 0.3) is 0 Å². The summed E-state index contributed by atoms with van der Waals surface area (Å²) < 4.78 is 16.2. The maximum Gasteiger partial charge on any atom is 0.193 e. The van der Waals surface area contributed by atoms with Crippen LogP contribution in [0.4, 0.5) is 0 Å². The first kappa shape index (κ1) is 15.7. The van der Waals surface area contributed by atoms with Crippen LogP contribution in [0.2, 0.25) is 5.22 Å². The molecular weight excluding hydrogens is 290 g/mol. The second-order valence-electron chi connectivity index (χ2n) is 4.68. The fourth-order valence-electron chi connectivity index (χ4n) is 2.15. The number of furan rings is 1. The molecule has 1 aromatic carbocycles. The van der Waals surface area contributed by atoms with Gasteiger partial charge in [0.1, 0.15) is 17.3 Å². The minimum Gasteiger partial charge on any atom is -0.497 e. The maximum absolute atomic E-state index is 5.90. The highest BCUT2D eigenvalue weighted by atomic mass is 35.5. The molecule has 0 aliphatic rings. The quantitative estimate of drug-likeness (QED) is 0.838. The molecule has 1 heterocycles. The normalized spacial score (nSPS) is 12.2. The van der Waals surface area contributed by atoms with Crippen molar-refractivity contribution in [2.24, 2.45) is 0 Å². The molecule has 114 valence electrons. The summed E-state index contributed by atoms with van der Waals surface area (Å²) in [5.41, 5.74) is 1.01. The Morgan fingerprint density at radius 3 is 2.29 bits per heavy atom. The molecule has 5 heteroatoms. The molecule has 0 aliphatic heterocycles. The second-order valence-corrected chi connectivity index (χ2v) is 5.05. The van der Waals surface area contributed by atoms with Gasteiger partial charge >= 0.3 is 0 Å². The first-order valence-corrected chi connectivity index (χ1v) is 7.27. The van der Waals surface area contributed by atoms with E-state index in [1.165, 1.54) is 0 Å². The molecule has 0 radical (unpaired) electrons. The van der Waals surface area contributed by atoms with E-state index >= 15 is 0 Å². The molecule has 0 aliphatic carbocycles. The van der Waals surface area contributed by atoms with Gasteiger partial charge in [0.05, 0.1) is 20.3 Å². The van der Waals surface area contributed by atoms with Gasteiger partial charge in [-0.2, -0.15) is 0 Å². The topological polar surface area (TPSA) is 43.6 Å². The fourth-order valence-corrected chi connectivity index (χ4v) is 2.30. The summed E-state index contributed by atoms with van der Waals surface area (Å²) >= 11 is 5.90. The number of methoxy groups -OCH3 is 2. The van der Waals surface area contributed by atoms with Crippen molar-refractivity contribution >= 4 is 11.6 Å². The Labute approximate surface area is 130 Å². The summed E-state index contributed by atoms with van der Waals surface area (Å²) in [5, 5.41) is 3.83. The van der Waals surface area contributed by atoms with E-state index in [1.807, 2.05) is 24.3 Å². The van der Waals surface area contributed by atoms with Crippen LogP contribution >= 0.6 is 11.6 Å². The predicted molar refractivity (Wildman–Crippen MR) is 83.4 cm³/mol. The average molecular weight is 310 g/mol. The molecule has 1 N–H and O–H groups in total. The zero-order valence-electron chi connectivity index (χ0n) is 12.5. The minimum atomic E-state index is -0.0959. The first-order valence-electron chi connectivity index (χ1n) is 6.89. The Morgan fingerprint density at radius 2 is 1.81 bits per heavy atom. The van der Waals surface area contributed by atoms with Crippen molar-refractivity contribution in [3.8, 4) is 11.5 Å². The molecule has 0 saturated carbocycles. The van der Waals surface area contributed by atoms with Crippen LogP contribution in [-0.4, -0.2) is 20.8 Å². The van der Waals surface area contributed by atoms with Gasteiger partial charge in [0, 0.05) is 6.07 Å². The van der Waals surface area contributed by atoms with Gasteiger partial charge in [-0.05, 0) is 54.4 Å². The lowest BCUT2D eigenvalue weighted by molar-refractivity contribution is 0.390. The lowest BCUT2D eigenvalue weighted by Crippen LogP contribution is -2.22. The summed E-state index contributed by atoms with van der Waals surface area (Å²) in [6, 6.07) is 9.30. The van der Waals surface area contributed by atoms with Gasteiger partial charge in [-0.3, -0.25) is 0 Å². The molecular formula is C16H20ClNO3. The number of ether oxygens (including phenoxy) is 2. The van der Waals surface area contributed by atoms with Crippen LogP contribution in [-0.2, 0) is 0 Å². The highest BCUT2D eigenvalue weighted by Gasteiger charge is 2.19. The van der Waals surface area contributed by atoms with Crippen molar-refractivity contribution in [2.75, 3.05) is 20.8 Å². The van der Waals surface area contributed by atoms with E-state index < -0.39 is 0 Å². The third-order valence-electron chi connectivity index (χ3n) is 3.18. The van der Waals surface area contributed by atoms with Crippen LogP contribution < -0.4 is 14.8 Å². The highest BCUT2D eigenvalue weighted by molar-refractivity contribution is 6.28. The van der Waals surface area contributed by atoms with Crippen molar-refractivity contribution in [2.45, 2.75) is 19.4 Å². The Kier molecular flexibility index (Phi) is 5.53. The van der Waals surface area contributed by atoms with Crippen LogP contribution in [0.3, 0.4) is 0 Å². The summed E-state index contributed by atoms with van der Waals surface area (Å²) in [7, 11) is 3.27. The van der Waals surface area contributed by atoms with Gasteiger partial charge in [-0.25, -0.2) is 0 Å². The molecule has 21 heavy (non-hydrogen) atoms. The van der Waals surface area contributed by atoms with Crippen molar-refractivity contribution in [3.63, 3.8) is 0 Å². The fraction of sp³-hybridized carbons (Fsp3) is 0.375. The van der Waals surface area contributed by atoms with E-state index in [0.29, 0.717) is 5.22 Å². The molecule has 0 saturated heterocycles. The summed E-state index contributed by atoms with van der Waals surface area (Å²) in [6.07, 6.45) is 1.02. The second kappa shape index (κ2) is 7.38. The smallest absolute Gasteiger partial charge is 0.193 e. The number of halogens is 1. The molecule has 1 unspecified atom stereocenters. The van der Waals surface area contributed by atoms with Crippen molar-refractivity contribution in [3.05, 3.63) is 46.9 Å². The van der Waals surface area contributed by atoms with Gasteiger partial charge in [-0.1, -0.05) is 6.92 Å². The molecule has 2 rings (SSSR count). The number of hydrogen-bond donors (Lipinski definition) is 1. The third kappa shape index (κ3) is 3.93. The number of nitrogens with one attached hydrogen (secondary N) is 1. The zero-order chi connectivity index (χ0) is 15.2. The lowest BCUT2D eigenvalue weighted by atomic mass is 10.0. The summed E-state index contributed by atoms with van der Waals surface area (Å²) in [5.74, 6) is 2.25. The molecule has 0 spiro atoms. The minimum absolute atomic E-state index is 0.0959. The predicted octanol–water partition coefficient (Wildman–Crippen LogP) is 4.04. The molecule has 2 aromatic rings. The van der Waals surface area contributed by atoms with E-state index in [1.54, 1.807) is 20.3 Å². The summed E-state index contributed by atoms with van der Waals surface area (Å²) in [6.45, 7) is 2.98. The van der Waals surface area contributed by atoms with E-state index in [2.05, 4.69) is 12.2 Å². The van der Waals surface area contributed by atoms with Crippen molar-refractivity contribution in [1.82, 2.24) is 5.32 Å². The standard InChI is InChI=1S/C16H20ClNO3/c1-4-7-18-16(14-5-6-15(17)21-14)11-8-12(19-2)10-13(9-11)20-3/h5-6,8-10,16,18H,4,7H2,1-3H3.